The molecule has 0 unspecified atom stereocenters. The minimum Gasteiger partial charge on any atom is -0.379 e. The molecule has 0 bridgehead atoms. The number of hydrogen-bond donors (Lipinski definition) is 2. The van der Waals surface area contributed by atoms with E-state index in [1.165, 1.54) is 0 Å². The third-order valence-electron chi connectivity index (χ3n) is 5.86. The number of carbonyl (C=O) groups is 2. The van der Waals surface area contributed by atoms with Gasteiger partial charge in [-0.15, -0.1) is 0 Å². The number of aromatic nitrogens is 1. The molecule has 0 radical (unpaired) electrons. The number of rotatable bonds is 9. The molecule has 9 heteroatoms. The van der Waals surface area contributed by atoms with Crippen molar-refractivity contribution in [2.75, 3.05) is 44.7 Å². The molecule has 4 rings (SSSR count). The quantitative estimate of drug-likeness (QED) is 0.470. The summed E-state index contributed by atoms with van der Waals surface area (Å²) in [5, 5.41) is 6.47. The minimum absolute atomic E-state index is 0.173. The molecule has 34 heavy (non-hydrogen) atoms. The van der Waals surface area contributed by atoms with Crippen molar-refractivity contribution in [3.8, 4) is 0 Å². The van der Waals surface area contributed by atoms with E-state index in [4.69, 9.17) is 4.74 Å². The Hall–Kier alpha value is -3.30. The zero-order valence-corrected chi connectivity index (χ0v) is 18.9. The average molecular weight is 471 g/mol. The molecule has 0 atom stereocenters. The van der Waals surface area contributed by atoms with Crippen LogP contribution in [0.5, 0.6) is 0 Å². The minimum atomic E-state index is -0.916. The van der Waals surface area contributed by atoms with Crippen molar-refractivity contribution in [3.05, 3.63) is 65.9 Å². The van der Waals surface area contributed by atoms with Gasteiger partial charge in [-0.1, -0.05) is 0 Å². The molecule has 7 nitrogen and oxygen atoms in total. The van der Waals surface area contributed by atoms with Gasteiger partial charge in [0, 0.05) is 68.0 Å². The van der Waals surface area contributed by atoms with Crippen molar-refractivity contribution in [2.45, 2.75) is 19.4 Å². The molecule has 180 valence electrons. The van der Waals surface area contributed by atoms with Crippen LogP contribution >= 0.6 is 0 Å². The number of nitrogens with zero attached hydrogens (tertiary/aromatic N) is 2. The third kappa shape index (κ3) is 6.18. The summed E-state index contributed by atoms with van der Waals surface area (Å²) < 4.78 is 34.2. The number of benzene rings is 2. The summed E-state index contributed by atoms with van der Waals surface area (Å²) in [5.41, 5.74) is 1.60. The number of hydrogen-bond acceptors (Lipinski definition) is 4. The van der Waals surface area contributed by atoms with E-state index in [0.717, 1.165) is 62.4 Å². The summed E-state index contributed by atoms with van der Waals surface area (Å²) >= 11 is 0. The van der Waals surface area contributed by atoms with Gasteiger partial charge >= 0.3 is 0 Å². The van der Waals surface area contributed by atoms with E-state index in [0.29, 0.717) is 18.2 Å². The van der Waals surface area contributed by atoms with Crippen molar-refractivity contribution >= 4 is 28.4 Å². The lowest BCUT2D eigenvalue weighted by Crippen LogP contribution is -2.38. The Morgan fingerprint density at radius 2 is 1.82 bits per heavy atom. The van der Waals surface area contributed by atoms with Crippen molar-refractivity contribution in [1.82, 2.24) is 14.8 Å². The van der Waals surface area contributed by atoms with Gasteiger partial charge in [-0.05, 0) is 42.8 Å². The summed E-state index contributed by atoms with van der Waals surface area (Å²) in [6.07, 6.45) is 2.65. The second kappa shape index (κ2) is 11.2. The van der Waals surface area contributed by atoms with E-state index >= 15 is 0 Å². The highest BCUT2D eigenvalue weighted by Gasteiger charge is 2.13. The Morgan fingerprint density at radius 1 is 1.00 bits per heavy atom. The number of ether oxygens (including phenoxy) is 1. The Balaban J connectivity index is 1.22. The van der Waals surface area contributed by atoms with Crippen molar-refractivity contribution in [3.63, 3.8) is 0 Å². The zero-order chi connectivity index (χ0) is 23.9. The Kier molecular flexibility index (Phi) is 7.87. The largest absolute Gasteiger partial charge is 0.379 e. The predicted octanol–water partition coefficient (Wildman–Crippen LogP) is 3.40. The van der Waals surface area contributed by atoms with Gasteiger partial charge in [0.1, 0.15) is 11.6 Å². The molecule has 2 amide bonds. The Morgan fingerprint density at radius 3 is 2.62 bits per heavy atom. The summed E-state index contributed by atoms with van der Waals surface area (Å²) in [6.45, 7) is 5.56. The maximum atomic E-state index is 13.6. The lowest BCUT2D eigenvalue weighted by Gasteiger charge is -2.26. The SMILES string of the molecule is O=C(CCCNC(=O)c1ccc(F)cc1F)Nc1ccc2c(ccn2CCN2CCOCC2)c1. The van der Waals surface area contributed by atoms with Gasteiger partial charge < -0.3 is 19.9 Å². The summed E-state index contributed by atoms with van der Waals surface area (Å²) in [7, 11) is 0. The maximum absolute atomic E-state index is 13.6. The first-order chi connectivity index (χ1) is 16.5. The predicted molar refractivity (Wildman–Crippen MR) is 126 cm³/mol. The van der Waals surface area contributed by atoms with Gasteiger partial charge in [-0.2, -0.15) is 0 Å². The molecule has 2 heterocycles. The van der Waals surface area contributed by atoms with Crippen molar-refractivity contribution in [2.24, 2.45) is 0 Å². The summed E-state index contributed by atoms with van der Waals surface area (Å²) in [6, 6.07) is 10.6. The first-order valence-corrected chi connectivity index (χ1v) is 11.4. The molecule has 1 fully saturated rings. The Labute approximate surface area is 196 Å². The van der Waals surface area contributed by atoms with E-state index in [1.54, 1.807) is 0 Å². The first-order valence-electron chi connectivity index (χ1n) is 11.4. The first kappa shape index (κ1) is 23.8. The van der Waals surface area contributed by atoms with Crippen LogP contribution in [0.1, 0.15) is 23.2 Å². The Bertz CT molecular complexity index is 1160. The van der Waals surface area contributed by atoms with E-state index < -0.39 is 17.5 Å². The third-order valence-corrected chi connectivity index (χ3v) is 5.86. The number of halogens is 2. The molecule has 2 aromatic carbocycles. The molecule has 3 aromatic rings. The van der Waals surface area contributed by atoms with Crippen molar-refractivity contribution in [1.29, 1.82) is 0 Å². The highest BCUT2D eigenvalue weighted by Crippen LogP contribution is 2.21. The zero-order valence-electron chi connectivity index (χ0n) is 18.9. The molecule has 0 aliphatic carbocycles. The van der Waals surface area contributed by atoms with Gasteiger partial charge in [-0.25, -0.2) is 8.78 Å². The van der Waals surface area contributed by atoms with E-state index in [2.05, 4.69) is 26.3 Å². The average Bonchev–Trinajstić information content (AvgIpc) is 3.23. The number of nitrogens with one attached hydrogen (secondary N) is 2. The fraction of sp³-hybridized carbons (Fsp3) is 0.360. The van der Waals surface area contributed by atoms with Gasteiger partial charge in [0.05, 0.1) is 18.8 Å². The van der Waals surface area contributed by atoms with Crippen LogP contribution in [-0.2, 0) is 16.1 Å². The van der Waals surface area contributed by atoms with Gasteiger partial charge in [0.15, 0.2) is 0 Å². The molecule has 2 N–H and O–H groups in total. The van der Waals surface area contributed by atoms with Crippen LogP contribution < -0.4 is 10.6 Å². The standard InChI is InChI=1S/C25H28F2N4O3/c26-19-3-5-21(22(27)17-19)25(33)28-8-1-2-24(32)29-20-4-6-23-18(16-20)7-9-31(23)11-10-30-12-14-34-15-13-30/h3-7,9,16-17H,1-2,8,10-15H2,(H,28,33)(H,29,32). The fourth-order valence-electron chi connectivity index (χ4n) is 3.99. The maximum Gasteiger partial charge on any atom is 0.254 e. The second-order valence-electron chi connectivity index (χ2n) is 8.27. The molecule has 0 spiro atoms. The lowest BCUT2D eigenvalue weighted by molar-refractivity contribution is -0.116. The van der Waals surface area contributed by atoms with Crippen LogP contribution in [0.4, 0.5) is 14.5 Å². The normalized spacial score (nSPS) is 14.3. The topological polar surface area (TPSA) is 75.6 Å². The monoisotopic (exact) mass is 470 g/mol. The summed E-state index contributed by atoms with van der Waals surface area (Å²) in [5.74, 6) is -2.47. The number of morpholine rings is 1. The van der Waals surface area contributed by atoms with Crippen LogP contribution in [0.25, 0.3) is 10.9 Å². The molecular weight excluding hydrogens is 442 g/mol. The fourth-order valence-corrected chi connectivity index (χ4v) is 3.99. The van der Waals surface area contributed by atoms with Crippen molar-refractivity contribution < 1.29 is 23.1 Å². The van der Waals surface area contributed by atoms with Gasteiger partial charge in [0.25, 0.3) is 5.91 Å². The molecule has 0 saturated carbocycles. The smallest absolute Gasteiger partial charge is 0.254 e. The number of carbonyl (C=O) groups excluding carboxylic acids is 2. The number of fused-ring (bicyclic) bond motifs is 1. The van der Waals surface area contributed by atoms with Crippen LogP contribution in [0.2, 0.25) is 0 Å². The van der Waals surface area contributed by atoms with E-state index in [1.807, 2.05) is 24.3 Å². The highest BCUT2D eigenvalue weighted by molar-refractivity contribution is 5.95. The number of amides is 2. The van der Waals surface area contributed by atoms with Gasteiger partial charge in [-0.3, -0.25) is 14.5 Å². The van der Waals surface area contributed by atoms with E-state index in [-0.39, 0.29) is 24.4 Å². The van der Waals surface area contributed by atoms with Crippen LogP contribution in [-0.4, -0.2) is 60.7 Å². The molecular formula is C25H28F2N4O3. The number of anilines is 1. The molecule has 1 saturated heterocycles. The lowest BCUT2D eigenvalue weighted by atomic mass is 10.2. The van der Waals surface area contributed by atoms with Crippen LogP contribution in [0.3, 0.4) is 0 Å². The van der Waals surface area contributed by atoms with E-state index in [9.17, 15) is 18.4 Å². The van der Waals surface area contributed by atoms with Gasteiger partial charge in [0.2, 0.25) is 5.91 Å². The molecule has 1 aliphatic rings. The van der Waals surface area contributed by atoms with Crippen LogP contribution in [0, 0.1) is 11.6 Å². The molecule has 1 aromatic heterocycles. The van der Waals surface area contributed by atoms with Crippen LogP contribution in [0.15, 0.2) is 48.7 Å². The summed E-state index contributed by atoms with van der Waals surface area (Å²) in [4.78, 5) is 26.7. The highest BCUT2D eigenvalue weighted by atomic mass is 19.1. The second-order valence-corrected chi connectivity index (χ2v) is 8.27. The molecule has 1 aliphatic heterocycles.